The molecule has 7 nitrogen and oxygen atoms in total. The van der Waals surface area contributed by atoms with Gasteiger partial charge in [-0.05, 0) is 42.4 Å². The summed E-state index contributed by atoms with van der Waals surface area (Å²) in [7, 11) is 3.09. The number of rotatable bonds is 7. The highest BCUT2D eigenvalue weighted by molar-refractivity contribution is 7.99. The molecular formula is C24H28N4O3S. The van der Waals surface area contributed by atoms with Gasteiger partial charge in [-0.2, -0.15) is 11.8 Å². The minimum absolute atomic E-state index is 0.158. The average Bonchev–Trinajstić information content (AvgIpc) is 3.09. The van der Waals surface area contributed by atoms with Crippen LogP contribution in [0, 0.1) is 0 Å². The van der Waals surface area contributed by atoms with Gasteiger partial charge < -0.3 is 19.9 Å². The third-order valence-corrected chi connectivity index (χ3v) is 6.79. The van der Waals surface area contributed by atoms with Gasteiger partial charge in [0.05, 0.1) is 24.7 Å². The Kier molecular flexibility index (Phi) is 6.99. The zero-order valence-corrected chi connectivity index (χ0v) is 19.2. The Bertz CT molecular complexity index is 1110. The number of amides is 1. The number of nitrogens with one attached hydrogen (secondary N) is 2. The summed E-state index contributed by atoms with van der Waals surface area (Å²) in [4.78, 5) is 29.9. The number of carbonyl (C=O) groups is 2. The summed E-state index contributed by atoms with van der Waals surface area (Å²) in [6.07, 6.45) is 4.93. The van der Waals surface area contributed by atoms with Crippen LogP contribution in [0.1, 0.15) is 35.3 Å². The average molecular weight is 453 g/mol. The normalized spacial score (nSPS) is 14.3. The summed E-state index contributed by atoms with van der Waals surface area (Å²) in [6, 6.07) is 12.2. The highest BCUT2D eigenvalue weighted by Crippen LogP contribution is 2.32. The molecule has 0 saturated carbocycles. The van der Waals surface area contributed by atoms with Gasteiger partial charge in [-0.15, -0.1) is 0 Å². The molecule has 1 aliphatic rings. The molecule has 0 spiro atoms. The van der Waals surface area contributed by atoms with E-state index in [-0.39, 0.29) is 11.6 Å². The van der Waals surface area contributed by atoms with Gasteiger partial charge in [0.1, 0.15) is 5.65 Å². The van der Waals surface area contributed by atoms with Crippen molar-refractivity contribution in [1.29, 1.82) is 0 Å². The Balaban J connectivity index is 1.61. The molecular weight excluding hydrogens is 424 g/mol. The molecule has 0 bridgehead atoms. The lowest BCUT2D eigenvalue weighted by Crippen LogP contribution is -2.24. The number of fused-ring (bicyclic) bond motifs is 1. The fourth-order valence-electron chi connectivity index (χ4n) is 4.03. The van der Waals surface area contributed by atoms with Crippen molar-refractivity contribution in [1.82, 2.24) is 9.55 Å². The molecule has 3 aromatic rings. The van der Waals surface area contributed by atoms with Gasteiger partial charge in [0.2, 0.25) is 5.91 Å². The Morgan fingerprint density at radius 3 is 2.69 bits per heavy atom. The maximum Gasteiger partial charge on any atom is 0.356 e. The number of hydrogen-bond donors (Lipinski definition) is 2. The van der Waals surface area contributed by atoms with E-state index < -0.39 is 5.97 Å². The van der Waals surface area contributed by atoms with Gasteiger partial charge in [0, 0.05) is 24.9 Å². The molecule has 168 valence electrons. The lowest BCUT2D eigenvalue weighted by Gasteiger charge is -2.23. The second-order valence-corrected chi connectivity index (χ2v) is 9.16. The van der Waals surface area contributed by atoms with Crippen molar-refractivity contribution in [3.63, 3.8) is 0 Å². The molecule has 2 aromatic heterocycles. The topological polar surface area (TPSA) is 85.2 Å². The monoisotopic (exact) mass is 452 g/mol. The lowest BCUT2D eigenvalue weighted by molar-refractivity contribution is -0.116. The molecule has 2 N–H and O–H groups in total. The molecule has 0 aliphatic carbocycles. The van der Waals surface area contributed by atoms with E-state index in [2.05, 4.69) is 15.6 Å². The number of ether oxygens (including phenoxy) is 1. The highest BCUT2D eigenvalue weighted by atomic mass is 32.2. The SMILES string of the molecule is COC(=O)c1c(NC(=O)CCc2ccccc2)c2cc(NC3CCSCC3)cnc2n1C. The van der Waals surface area contributed by atoms with Crippen molar-refractivity contribution in [3.05, 3.63) is 53.9 Å². The van der Waals surface area contributed by atoms with Crippen molar-refractivity contribution in [2.45, 2.75) is 31.7 Å². The lowest BCUT2D eigenvalue weighted by atomic mass is 10.1. The molecule has 0 atom stereocenters. The summed E-state index contributed by atoms with van der Waals surface area (Å²) in [5.41, 5.74) is 3.33. The molecule has 1 aromatic carbocycles. The first-order valence-electron chi connectivity index (χ1n) is 10.8. The molecule has 3 heterocycles. The predicted molar refractivity (Wildman–Crippen MR) is 129 cm³/mol. The van der Waals surface area contributed by atoms with Crippen LogP contribution in [0.5, 0.6) is 0 Å². The van der Waals surface area contributed by atoms with E-state index >= 15 is 0 Å². The van der Waals surface area contributed by atoms with E-state index in [9.17, 15) is 9.59 Å². The summed E-state index contributed by atoms with van der Waals surface area (Å²) < 4.78 is 6.67. The summed E-state index contributed by atoms with van der Waals surface area (Å²) >= 11 is 1.98. The molecule has 4 rings (SSSR count). The van der Waals surface area contributed by atoms with E-state index in [0.717, 1.165) is 41.0 Å². The first-order valence-corrected chi connectivity index (χ1v) is 12.0. The number of benzene rings is 1. The molecule has 1 fully saturated rings. The van der Waals surface area contributed by atoms with Gasteiger partial charge in [-0.25, -0.2) is 9.78 Å². The van der Waals surface area contributed by atoms with Crippen LogP contribution in [-0.4, -0.2) is 46.1 Å². The number of nitrogens with zero attached hydrogens (tertiary/aromatic N) is 2. The van der Waals surface area contributed by atoms with Crippen LogP contribution in [0.3, 0.4) is 0 Å². The Labute approximate surface area is 191 Å². The zero-order valence-electron chi connectivity index (χ0n) is 18.4. The number of aryl methyl sites for hydroxylation is 2. The van der Waals surface area contributed by atoms with Crippen LogP contribution in [0.2, 0.25) is 0 Å². The van der Waals surface area contributed by atoms with E-state index in [1.807, 2.05) is 48.2 Å². The van der Waals surface area contributed by atoms with Crippen LogP contribution in [-0.2, 0) is 23.0 Å². The van der Waals surface area contributed by atoms with Crippen LogP contribution < -0.4 is 10.6 Å². The predicted octanol–water partition coefficient (Wildman–Crippen LogP) is 4.24. The van der Waals surface area contributed by atoms with Gasteiger partial charge in [0.25, 0.3) is 0 Å². The maximum absolute atomic E-state index is 12.8. The van der Waals surface area contributed by atoms with Crippen molar-refractivity contribution in [2.24, 2.45) is 7.05 Å². The first kappa shape index (κ1) is 22.2. The largest absolute Gasteiger partial charge is 0.464 e. The number of methoxy groups -OCH3 is 1. The van der Waals surface area contributed by atoms with Gasteiger partial charge in [0.15, 0.2) is 5.69 Å². The standard InChI is InChI=1S/C24H28N4O3S/c1-28-22(24(30)31-2)21(27-20(29)9-8-16-6-4-3-5-7-16)19-14-18(15-25-23(19)28)26-17-10-12-32-13-11-17/h3-7,14-15,17,26H,8-13H2,1-2H3,(H,27,29). The van der Waals surface area contributed by atoms with Crippen LogP contribution in [0.15, 0.2) is 42.6 Å². The smallest absolute Gasteiger partial charge is 0.356 e. The Hall–Kier alpha value is -3.00. The summed E-state index contributed by atoms with van der Waals surface area (Å²) in [6.45, 7) is 0. The van der Waals surface area contributed by atoms with Gasteiger partial charge in [-0.3, -0.25) is 4.79 Å². The van der Waals surface area contributed by atoms with Crippen LogP contribution in [0.4, 0.5) is 11.4 Å². The summed E-state index contributed by atoms with van der Waals surface area (Å²) in [5.74, 6) is 1.62. The second-order valence-electron chi connectivity index (χ2n) is 7.93. The third-order valence-electron chi connectivity index (χ3n) is 5.74. The molecule has 32 heavy (non-hydrogen) atoms. The molecule has 0 radical (unpaired) electrons. The molecule has 8 heteroatoms. The van der Waals surface area contributed by atoms with E-state index in [0.29, 0.717) is 30.2 Å². The Morgan fingerprint density at radius 2 is 1.97 bits per heavy atom. The Morgan fingerprint density at radius 1 is 1.22 bits per heavy atom. The minimum Gasteiger partial charge on any atom is -0.464 e. The van der Waals surface area contributed by atoms with Gasteiger partial charge in [-0.1, -0.05) is 30.3 Å². The number of hydrogen-bond acceptors (Lipinski definition) is 6. The van der Waals surface area contributed by atoms with Crippen molar-refractivity contribution in [2.75, 3.05) is 29.2 Å². The number of anilines is 2. The highest BCUT2D eigenvalue weighted by Gasteiger charge is 2.25. The number of aromatic nitrogens is 2. The molecule has 0 unspecified atom stereocenters. The van der Waals surface area contributed by atoms with E-state index in [1.165, 1.54) is 7.11 Å². The number of thioether (sulfide) groups is 1. The fourth-order valence-corrected chi connectivity index (χ4v) is 5.14. The maximum atomic E-state index is 12.8. The van der Waals surface area contributed by atoms with E-state index in [4.69, 9.17) is 4.74 Å². The number of pyridine rings is 1. The quantitative estimate of drug-likeness (QED) is 0.522. The van der Waals surface area contributed by atoms with Crippen molar-refractivity contribution >= 4 is 46.0 Å². The third kappa shape index (κ3) is 4.91. The first-order chi connectivity index (χ1) is 15.6. The minimum atomic E-state index is -0.511. The molecule has 1 amide bonds. The second kappa shape index (κ2) is 10.1. The number of esters is 1. The molecule has 1 saturated heterocycles. The van der Waals surface area contributed by atoms with Crippen LogP contribution in [0.25, 0.3) is 11.0 Å². The summed E-state index contributed by atoms with van der Waals surface area (Å²) in [5, 5.41) is 7.24. The van der Waals surface area contributed by atoms with Crippen LogP contribution >= 0.6 is 11.8 Å². The molecule has 1 aliphatic heterocycles. The number of carbonyl (C=O) groups excluding carboxylic acids is 2. The van der Waals surface area contributed by atoms with E-state index in [1.54, 1.807) is 17.8 Å². The van der Waals surface area contributed by atoms with Crippen molar-refractivity contribution in [3.8, 4) is 0 Å². The van der Waals surface area contributed by atoms with Gasteiger partial charge >= 0.3 is 5.97 Å². The van der Waals surface area contributed by atoms with Crippen molar-refractivity contribution < 1.29 is 14.3 Å². The zero-order chi connectivity index (χ0) is 22.5. The fraction of sp³-hybridized carbons (Fsp3) is 0.375.